The van der Waals surface area contributed by atoms with E-state index in [0.717, 1.165) is 19.4 Å². The van der Waals surface area contributed by atoms with Gasteiger partial charge in [0.1, 0.15) is 0 Å². The topological polar surface area (TPSA) is 78.9 Å². The fourth-order valence-electron chi connectivity index (χ4n) is 2.32. The summed E-state index contributed by atoms with van der Waals surface area (Å²) in [6.45, 7) is 2.64. The lowest BCUT2D eigenvalue weighted by Crippen LogP contribution is -2.52. The Morgan fingerprint density at radius 1 is 1.41 bits per heavy atom. The number of hydrogen-bond acceptors (Lipinski definition) is 4. The highest BCUT2D eigenvalue weighted by molar-refractivity contribution is 5.81. The van der Waals surface area contributed by atoms with Crippen molar-refractivity contribution >= 4 is 11.9 Å². The van der Waals surface area contributed by atoms with Crippen molar-refractivity contribution in [3.8, 4) is 0 Å². The van der Waals surface area contributed by atoms with Crippen LogP contribution in [0.4, 0.5) is 0 Å². The zero-order valence-electron chi connectivity index (χ0n) is 9.72. The van der Waals surface area contributed by atoms with E-state index in [4.69, 9.17) is 9.84 Å². The quantitative estimate of drug-likeness (QED) is 0.669. The third kappa shape index (κ3) is 2.95. The highest BCUT2D eigenvalue weighted by Crippen LogP contribution is 2.16. The summed E-state index contributed by atoms with van der Waals surface area (Å²) < 4.78 is 5.10. The van der Waals surface area contributed by atoms with Gasteiger partial charge in [-0.05, 0) is 19.4 Å². The Morgan fingerprint density at radius 3 is 2.88 bits per heavy atom. The van der Waals surface area contributed by atoms with Crippen LogP contribution in [0.3, 0.4) is 0 Å². The van der Waals surface area contributed by atoms with Gasteiger partial charge in [-0.1, -0.05) is 0 Å². The molecule has 6 nitrogen and oxygen atoms in total. The molecule has 0 aromatic heterocycles. The standard InChI is InChI=1S/C11H18N2O4/c14-10(8-2-1-3-12-6-8)13-4-5-17-9(7-13)11(15)16/h8-9,12H,1-7H2,(H,15,16). The van der Waals surface area contributed by atoms with Crippen LogP contribution in [-0.4, -0.2) is 60.8 Å². The van der Waals surface area contributed by atoms with E-state index >= 15 is 0 Å². The van der Waals surface area contributed by atoms with Crippen molar-refractivity contribution in [3.05, 3.63) is 0 Å². The van der Waals surface area contributed by atoms with Gasteiger partial charge < -0.3 is 20.1 Å². The average molecular weight is 242 g/mol. The van der Waals surface area contributed by atoms with E-state index in [9.17, 15) is 9.59 Å². The Balaban J connectivity index is 1.91. The van der Waals surface area contributed by atoms with E-state index in [0.29, 0.717) is 19.7 Å². The zero-order valence-corrected chi connectivity index (χ0v) is 9.72. The second-order valence-electron chi connectivity index (χ2n) is 4.53. The van der Waals surface area contributed by atoms with Gasteiger partial charge in [0, 0.05) is 13.1 Å². The number of morpholine rings is 1. The maximum atomic E-state index is 12.2. The first-order valence-electron chi connectivity index (χ1n) is 6.02. The number of hydrogen-bond donors (Lipinski definition) is 2. The van der Waals surface area contributed by atoms with Crippen LogP contribution in [0.1, 0.15) is 12.8 Å². The summed E-state index contributed by atoms with van der Waals surface area (Å²) in [6.07, 6.45) is 1.02. The number of nitrogens with one attached hydrogen (secondary N) is 1. The number of nitrogens with zero attached hydrogens (tertiary/aromatic N) is 1. The minimum Gasteiger partial charge on any atom is -0.479 e. The Labute approximate surface area is 99.9 Å². The molecule has 2 heterocycles. The molecule has 2 aliphatic rings. The molecule has 2 atom stereocenters. The Bertz CT molecular complexity index is 302. The number of carbonyl (C=O) groups is 2. The smallest absolute Gasteiger partial charge is 0.334 e. The Morgan fingerprint density at radius 2 is 2.24 bits per heavy atom. The molecule has 0 radical (unpaired) electrons. The van der Waals surface area contributed by atoms with Gasteiger partial charge in [0.2, 0.25) is 5.91 Å². The molecule has 2 N–H and O–H groups in total. The lowest BCUT2D eigenvalue weighted by atomic mass is 9.98. The van der Waals surface area contributed by atoms with Crippen LogP contribution in [0.15, 0.2) is 0 Å². The molecule has 0 bridgehead atoms. The largest absolute Gasteiger partial charge is 0.479 e. The summed E-state index contributed by atoms with van der Waals surface area (Å²) in [5.74, 6) is -0.938. The van der Waals surface area contributed by atoms with Crippen molar-refractivity contribution in [2.75, 3.05) is 32.8 Å². The van der Waals surface area contributed by atoms with Gasteiger partial charge in [0.05, 0.1) is 19.1 Å². The fourth-order valence-corrected chi connectivity index (χ4v) is 2.32. The van der Waals surface area contributed by atoms with Gasteiger partial charge in [0.15, 0.2) is 6.10 Å². The summed E-state index contributed by atoms with van der Waals surface area (Å²) in [4.78, 5) is 24.6. The van der Waals surface area contributed by atoms with E-state index in [2.05, 4.69) is 5.32 Å². The molecule has 17 heavy (non-hydrogen) atoms. The molecule has 2 unspecified atom stereocenters. The summed E-state index contributed by atoms with van der Waals surface area (Å²) in [7, 11) is 0. The van der Waals surface area contributed by atoms with E-state index in [1.807, 2.05) is 0 Å². The van der Waals surface area contributed by atoms with E-state index in [1.165, 1.54) is 0 Å². The van der Waals surface area contributed by atoms with Crippen molar-refractivity contribution < 1.29 is 19.4 Å². The van der Waals surface area contributed by atoms with Crippen LogP contribution in [0.5, 0.6) is 0 Å². The third-order valence-corrected chi connectivity index (χ3v) is 3.30. The first-order chi connectivity index (χ1) is 8.18. The molecule has 0 aliphatic carbocycles. The van der Waals surface area contributed by atoms with E-state index in [1.54, 1.807) is 4.90 Å². The number of amides is 1. The average Bonchev–Trinajstić information content (AvgIpc) is 2.39. The molecule has 0 aromatic rings. The van der Waals surface area contributed by atoms with Crippen molar-refractivity contribution in [2.45, 2.75) is 18.9 Å². The highest BCUT2D eigenvalue weighted by Gasteiger charge is 2.32. The number of carbonyl (C=O) groups excluding carboxylic acids is 1. The maximum absolute atomic E-state index is 12.2. The van der Waals surface area contributed by atoms with Gasteiger partial charge in [-0.3, -0.25) is 4.79 Å². The first kappa shape index (κ1) is 12.3. The summed E-state index contributed by atoms with van der Waals surface area (Å²) >= 11 is 0. The summed E-state index contributed by atoms with van der Waals surface area (Å²) in [5.41, 5.74) is 0. The van der Waals surface area contributed by atoms with E-state index in [-0.39, 0.29) is 18.4 Å². The molecule has 6 heteroatoms. The van der Waals surface area contributed by atoms with Crippen LogP contribution in [-0.2, 0) is 14.3 Å². The van der Waals surface area contributed by atoms with Gasteiger partial charge in [0.25, 0.3) is 0 Å². The summed E-state index contributed by atoms with van der Waals surface area (Å²) in [6, 6.07) is 0. The molecule has 0 aromatic carbocycles. The first-order valence-corrected chi connectivity index (χ1v) is 6.02. The number of ether oxygens (including phenoxy) is 1. The van der Waals surface area contributed by atoms with Crippen LogP contribution in [0, 0.1) is 5.92 Å². The van der Waals surface area contributed by atoms with Gasteiger partial charge >= 0.3 is 5.97 Å². The van der Waals surface area contributed by atoms with Gasteiger partial charge in [-0.15, -0.1) is 0 Å². The Kier molecular flexibility index (Phi) is 3.96. The predicted octanol–water partition coefficient (Wildman–Crippen LogP) is -0.702. The van der Waals surface area contributed by atoms with Crippen LogP contribution in [0.2, 0.25) is 0 Å². The van der Waals surface area contributed by atoms with Gasteiger partial charge in [-0.2, -0.15) is 0 Å². The monoisotopic (exact) mass is 242 g/mol. The van der Waals surface area contributed by atoms with Crippen molar-refractivity contribution in [3.63, 3.8) is 0 Å². The molecule has 0 saturated carbocycles. The minimum atomic E-state index is -0.996. The van der Waals surface area contributed by atoms with Crippen LogP contribution in [0.25, 0.3) is 0 Å². The number of rotatable bonds is 2. The maximum Gasteiger partial charge on any atom is 0.334 e. The second-order valence-corrected chi connectivity index (χ2v) is 4.53. The molecule has 0 spiro atoms. The number of piperidine rings is 1. The Hall–Kier alpha value is -1.14. The molecular weight excluding hydrogens is 224 g/mol. The molecule has 1 amide bonds. The zero-order chi connectivity index (χ0) is 12.3. The fraction of sp³-hybridized carbons (Fsp3) is 0.818. The number of carboxylic acid groups (broad SMARTS) is 1. The van der Waals surface area contributed by atoms with E-state index < -0.39 is 12.1 Å². The van der Waals surface area contributed by atoms with Gasteiger partial charge in [-0.25, -0.2) is 4.79 Å². The molecule has 2 fully saturated rings. The number of carboxylic acids is 1. The normalized spacial score (nSPS) is 30.0. The lowest BCUT2D eigenvalue weighted by Gasteiger charge is -2.34. The van der Waals surface area contributed by atoms with Crippen molar-refractivity contribution in [1.29, 1.82) is 0 Å². The lowest BCUT2D eigenvalue weighted by molar-refractivity contribution is -0.160. The molecular formula is C11H18N2O4. The minimum absolute atomic E-state index is 0.00343. The SMILES string of the molecule is O=C(O)C1CN(C(=O)C2CCCNC2)CCO1. The third-order valence-electron chi connectivity index (χ3n) is 3.30. The second kappa shape index (κ2) is 5.46. The van der Waals surface area contributed by atoms with Crippen LogP contribution < -0.4 is 5.32 Å². The highest BCUT2D eigenvalue weighted by atomic mass is 16.5. The van der Waals surface area contributed by atoms with Crippen LogP contribution >= 0.6 is 0 Å². The molecule has 2 aliphatic heterocycles. The molecule has 2 saturated heterocycles. The summed E-state index contributed by atoms with van der Waals surface area (Å²) in [5, 5.41) is 12.1. The van der Waals surface area contributed by atoms with Crippen molar-refractivity contribution in [1.82, 2.24) is 10.2 Å². The molecule has 96 valence electrons. The van der Waals surface area contributed by atoms with Crippen molar-refractivity contribution in [2.24, 2.45) is 5.92 Å². The predicted molar refractivity (Wildman–Crippen MR) is 59.5 cm³/mol. The molecule has 2 rings (SSSR count). The number of aliphatic carboxylic acids is 1.